The summed E-state index contributed by atoms with van der Waals surface area (Å²) in [6, 6.07) is 24.8. The highest BCUT2D eigenvalue weighted by atomic mass is 16.6. The summed E-state index contributed by atoms with van der Waals surface area (Å²) in [5.74, 6) is -1.61. The average Bonchev–Trinajstić information content (AvgIpc) is 2.98. The van der Waals surface area contributed by atoms with E-state index in [1.165, 1.54) is 11.9 Å². The first-order valence-corrected chi connectivity index (χ1v) is 14.3. The predicted molar refractivity (Wildman–Crippen MR) is 164 cm³/mol. The molecule has 0 saturated carbocycles. The Kier molecular flexibility index (Phi) is 11.9. The molecule has 43 heavy (non-hydrogen) atoms. The van der Waals surface area contributed by atoms with E-state index in [9.17, 15) is 19.2 Å². The summed E-state index contributed by atoms with van der Waals surface area (Å²) in [5, 5.41) is 5.44. The van der Waals surface area contributed by atoms with Gasteiger partial charge in [-0.15, -0.1) is 0 Å². The van der Waals surface area contributed by atoms with Crippen molar-refractivity contribution in [2.75, 3.05) is 7.05 Å². The van der Waals surface area contributed by atoms with Gasteiger partial charge in [-0.2, -0.15) is 0 Å². The van der Waals surface area contributed by atoms with Gasteiger partial charge >= 0.3 is 12.1 Å². The van der Waals surface area contributed by atoms with E-state index >= 15 is 0 Å². The van der Waals surface area contributed by atoms with Crippen molar-refractivity contribution in [3.05, 3.63) is 108 Å². The molecule has 0 bridgehead atoms. The van der Waals surface area contributed by atoms with Crippen LogP contribution in [0.15, 0.2) is 91.0 Å². The number of benzene rings is 3. The zero-order valence-corrected chi connectivity index (χ0v) is 25.4. The summed E-state index contributed by atoms with van der Waals surface area (Å²) in [4.78, 5) is 54.1. The molecule has 0 aliphatic carbocycles. The maximum atomic E-state index is 13.6. The van der Waals surface area contributed by atoms with Crippen molar-refractivity contribution in [1.82, 2.24) is 15.5 Å². The molecule has 0 aliphatic rings. The summed E-state index contributed by atoms with van der Waals surface area (Å²) in [5.41, 5.74) is 1.73. The summed E-state index contributed by atoms with van der Waals surface area (Å²) < 4.78 is 10.9. The van der Waals surface area contributed by atoms with Gasteiger partial charge in [0.25, 0.3) is 0 Å². The van der Waals surface area contributed by atoms with Crippen LogP contribution in [-0.2, 0) is 43.3 Å². The summed E-state index contributed by atoms with van der Waals surface area (Å²) >= 11 is 0. The number of hydrogen-bond donors (Lipinski definition) is 2. The normalized spacial score (nSPS) is 13.1. The molecule has 0 heterocycles. The lowest BCUT2D eigenvalue weighted by Gasteiger charge is -2.30. The van der Waals surface area contributed by atoms with E-state index in [1.807, 2.05) is 91.0 Å². The van der Waals surface area contributed by atoms with Crippen LogP contribution in [0.25, 0.3) is 0 Å². The highest BCUT2D eigenvalue weighted by molar-refractivity contribution is 5.93. The first-order valence-electron chi connectivity index (χ1n) is 14.3. The summed E-state index contributed by atoms with van der Waals surface area (Å²) in [7, 11) is 1.49. The highest BCUT2D eigenvalue weighted by Crippen LogP contribution is 2.12. The van der Waals surface area contributed by atoms with Crippen molar-refractivity contribution in [1.29, 1.82) is 0 Å². The van der Waals surface area contributed by atoms with Gasteiger partial charge in [0.15, 0.2) is 0 Å². The Balaban J connectivity index is 1.73. The van der Waals surface area contributed by atoms with Crippen molar-refractivity contribution >= 4 is 23.9 Å². The molecule has 228 valence electrons. The molecular formula is C34H41N3O6. The van der Waals surface area contributed by atoms with Crippen LogP contribution in [0.5, 0.6) is 0 Å². The molecule has 3 rings (SSSR count). The van der Waals surface area contributed by atoms with Gasteiger partial charge in [-0.25, -0.2) is 9.59 Å². The Bertz CT molecular complexity index is 1340. The van der Waals surface area contributed by atoms with Crippen LogP contribution in [0.2, 0.25) is 0 Å². The maximum absolute atomic E-state index is 13.6. The number of esters is 1. The van der Waals surface area contributed by atoms with Crippen molar-refractivity contribution in [2.45, 2.75) is 70.9 Å². The van der Waals surface area contributed by atoms with Crippen LogP contribution in [0.3, 0.4) is 0 Å². The fourth-order valence-corrected chi connectivity index (χ4v) is 4.28. The minimum absolute atomic E-state index is 0.0618. The van der Waals surface area contributed by atoms with E-state index in [0.717, 1.165) is 16.7 Å². The fourth-order valence-electron chi connectivity index (χ4n) is 4.28. The lowest BCUT2D eigenvalue weighted by molar-refractivity contribution is -0.150. The molecule has 3 aromatic carbocycles. The molecule has 9 heteroatoms. The number of carbonyl (C=O) groups excluding carboxylic acids is 4. The molecule has 3 amide bonds. The van der Waals surface area contributed by atoms with Gasteiger partial charge in [-0.05, 0) is 44.4 Å². The number of rotatable bonds is 12. The summed E-state index contributed by atoms with van der Waals surface area (Å²) in [6.07, 6.45) is -0.335. The number of nitrogens with one attached hydrogen (secondary N) is 2. The molecule has 2 N–H and O–H groups in total. The Morgan fingerprint density at radius 1 is 0.721 bits per heavy atom. The first kappa shape index (κ1) is 32.8. The van der Waals surface area contributed by atoms with Crippen LogP contribution in [0.1, 0.15) is 44.4 Å². The lowest BCUT2D eigenvalue weighted by Crippen LogP contribution is -2.56. The van der Waals surface area contributed by atoms with Crippen molar-refractivity contribution in [2.24, 2.45) is 0 Å². The number of carbonyl (C=O) groups is 4. The van der Waals surface area contributed by atoms with E-state index in [4.69, 9.17) is 9.47 Å². The minimum Gasteiger partial charge on any atom is -0.459 e. The van der Waals surface area contributed by atoms with E-state index < -0.39 is 47.6 Å². The first-order chi connectivity index (χ1) is 20.4. The Hall–Kier alpha value is -4.66. The zero-order valence-electron chi connectivity index (χ0n) is 25.4. The second-order valence-electron chi connectivity index (χ2n) is 11.4. The van der Waals surface area contributed by atoms with Gasteiger partial charge in [-0.1, -0.05) is 91.0 Å². The number of ether oxygens (including phenoxy) is 2. The van der Waals surface area contributed by atoms with E-state index in [-0.39, 0.29) is 19.4 Å². The standard InChI is InChI=1S/C34H41N3O6/c1-24(37(5)31(39)28(21-25-15-9-6-10-16-25)36-33(41)43-34(2,3)4)30(38)35-29(22-26-17-11-7-12-18-26)32(40)42-23-27-19-13-8-14-20-27/h6-20,24,28-29H,21-23H2,1-5H3,(H,35,38)(H,36,41)/t24-,28+,29+/m1/s1. The van der Waals surface area contributed by atoms with Crippen LogP contribution in [0, 0.1) is 0 Å². The number of amides is 3. The molecule has 0 radical (unpaired) electrons. The van der Waals surface area contributed by atoms with E-state index in [1.54, 1.807) is 27.7 Å². The Labute approximate surface area is 253 Å². The van der Waals surface area contributed by atoms with Gasteiger partial charge in [0.05, 0.1) is 0 Å². The third kappa shape index (κ3) is 10.9. The molecular weight excluding hydrogens is 546 g/mol. The smallest absolute Gasteiger partial charge is 0.408 e. The maximum Gasteiger partial charge on any atom is 0.408 e. The van der Waals surface area contributed by atoms with Crippen LogP contribution < -0.4 is 10.6 Å². The second kappa shape index (κ2) is 15.5. The second-order valence-corrected chi connectivity index (χ2v) is 11.4. The van der Waals surface area contributed by atoms with Gasteiger partial charge in [0.1, 0.15) is 30.3 Å². The molecule has 0 saturated heterocycles. The molecule has 0 aliphatic heterocycles. The van der Waals surface area contributed by atoms with Crippen molar-refractivity contribution in [3.63, 3.8) is 0 Å². The Morgan fingerprint density at radius 2 is 1.19 bits per heavy atom. The minimum atomic E-state index is -0.992. The monoisotopic (exact) mass is 587 g/mol. The van der Waals surface area contributed by atoms with E-state index in [2.05, 4.69) is 10.6 Å². The third-order valence-corrected chi connectivity index (χ3v) is 6.69. The summed E-state index contributed by atoms with van der Waals surface area (Å²) in [6.45, 7) is 6.82. The molecule has 3 atom stereocenters. The number of nitrogens with zero attached hydrogens (tertiary/aromatic N) is 1. The van der Waals surface area contributed by atoms with Gasteiger partial charge in [-0.3, -0.25) is 9.59 Å². The lowest BCUT2D eigenvalue weighted by atomic mass is 10.0. The van der Waals surface area contributed by atoms with Gasteiger partial charge < -0.3 is 25.0 Å². The highest BCUT2D eigenvalue weighted by Gasteiger charge is 2.33. The van der Waals surface area contributed by atoms with E-state index in [0.29, 0.717) is 0 Å². The van der Waals surface area contributed by atoms with Crippen LogP contribution in [-0.4, -0.2) is 59.6 Å². The van der Waals surface area contributed by atoms with Gasteiger partial charge in [0.2, 0.25) is 11.8 Å². The molecule has 0 fully saturated rings. The van der Waals surface area contributed by atoms with Crippen molar-refractivity contribution < 1.29 is 28.7 Å². The predicted octanol–water partition coefficient (Wildman–Crippen LogP) is 4.44. The average molecular weight is 588 g/mol. The Morgan fingerprint density at radius 3 is 1.67 bits per heavy atom. The number of likely N-dealkylation sites (N-methyl/N-ethyl adjacent to an activating group) is 1. The molecule has 0 unspecified atom stereocenters. The number of alkyl carbamates (subject to hydrolysis) is 1. The number of hydrogen-bond acceptors (Lipinski definition) is 6. The SMILES string of the molecule is C[C@H](C(=O)N[C@@H](Cc1ccccc1)C(=O)OCc1ccccc1)N(C)C(=O)[C@H](Cc1ccccc1)NC(=O)OC(C)(C)C. The van der Waals surface area contributed by atoms with Crippen LogP contribution >= 0.6 is 0 Å². The van der Waals surface area contributed by atoms with Crippen LogP contribution in [0.4, 0.5) is 4.79 Å². The quantitative estimate of drug-likeness (QED) is 0.303. The fraction of sp³-hybridized carbons (Fsp3) is 0.353. The third-order valence-electron chi connectivity index (χ3n) is 6.69. The zero-order chi connectivity index (χ0) is 31.4. The molecule has 3 aromatic rings. The molecule has 0 aromatic heterocycles. The molecule has 0 spiro atoms. The largest absolute Gasteiger partial charge is 0.459 e. The molecule has 9 nitrogen and oxygen atoms in total. The topological polar surface area (TPSA) is 114 Å². The van der Waals surface area contributed by atoms with Gasteiger partial charge in [0, 0.05) is 19.9 Å². The van der Waals surface area contributed by atoms with Crippen molar-refractivity contribution in [3.8, 4) is 0 Å².